The molecule has 0 heterocycles. The van der Waals surface area contributed by atoms with Crippen molar-refractivity contribution in [1.29, 1.82) is 0 Å². The van der Waals surface area contributed by atoms with E-state index in [1.54, 1.807) is 6.92 Å². The summed E-state index contributed by atoms with van der Waals surface area (Å²) in [6, 6.07) is 0. The van der Waals surface area contributed by atoms with E-state index in [-0.39, 0.29) is 11.2 Å². The van der Waals surface area contributed by atoms with Crippen molar-refractivity contribution in [2.45, 2.75) is 52.1 Å². The highest BCUT2D eigenvalue weighted by molar-refractivity contribution is 5.83. The van der Waals surface area contributed by atoms with E-state index in [0.717, 1.165) is 12.8 Å². The third kappa shape index (κ3) is 2.31. The molecule has 1 unspecified atom stereocenters. The summed E-state index contributed by atoms with van der Waals surface area (Å²) in [6.45, 7) is 3.71. The molecule has 0 bridgehead atoms. The molecular weight excluding hydrogens is 152 g/mol. The normalized spacial score (nSPS) is 23.9. The average molecular weight is 170 g/mol. The van der Waals surface area contributed by atoms with Gasteiger partial charge in [0.25, 0.3) is 0 Å². The number of aliphatic hydroxyl groups excluding tert-OH is 1. The van der Waals surface area contributed by atoms with Crippen molar-refractivity contribution in [1.82, 2.24) is 0 Å². The number of carbonyl (C=O) groups excluding carboxylic acids is 1. The smallest absolute Gasteiger partial charge is 0.161 e. The first-order valence-corrected chi connectivity index (χ1v) is 4.74. The molecule has 0 aromatic rings. The predicted molar refractivity (Wildman–Crippen MR) is 47.9 cm³/mol. The molecule has 2 heteroatoms. The summed E-state index contributed by atoms with van der Waals surface area (Å²) in [6.07, 6.45) is 4.55. The Morgan fingerprint density at radius 2 is 2.00 bits per heavy atom. The number of carbonyl (C=O) groups is 1. The van der Waals surface area contributed by atoms with Crippen molar-refractivity contribution in [3.63, 3.8) is 0 Å². The molecule has 0 amide bonds. The Kier molecular flexibility index (Phi) is 2.89. The van der Waals surface area contributed by atoms with Crippen molar-refractivity contribution in [3.8, 4) is 0 Å². The van der Waals surface area contributed by atoms with Crippen LogP contribution in [0.25, 0.3) is 0 Å². The number of hydrogen-bond donors (Lipinski definition) is 1. The van der Waals surface area contributed by atoms with Gasteiger partial charge < -0.3 is 5.11 Å². The fourth-order valence-corrected chi connectivity index (χ4v) is 1.97. The summed E-state index contributed by atoms with van der Waals surface area (Å²) in [5, 5.41) is 9.05. The molecule has 70 valence electrons. The van der Waals surface area contributed by atoms with Crippen LogP contribution in [-0.2, 0) is 4.79 Å². The van der Waals surface area contributed by atoms with Gasteiger partial charge in [0.2, 0.25) is 0 Å². The van der Waals surface area contributed by atoms with Crippen LogP contribution in [0.3, 0.4) is 0 Å². The highest BCUT2D eigenvalue weighted by atomic mass is 16.3. The summed E-state index contributed by atoms with van der Waals surface area (Å²) in [5.41, 5.74) is 0.189. The maximum absolute atomic E-state index is 11.3. The molecule has 0 aromatic heterocycles. The van der Waals surface area contributed by atoms with Crippen molar-refractivity contribution >= 4 is 5.78 Å². The van der Waals surface area contributed by atoms with E-state index in [9.17, 15) is 4.79 Å². The van der Waals surface area contributed by atoms with E-state index >= 15 is 0 Å². The van der Waals surface area contributed by atoms with E-state index < -0.39 is 6.10 Å². The minimum Gasteiger partial charge on any atom is -0.386 e. The molecule has 0 aliphatic heterocycles. The zero-order valence-electron chi connectivity index (χ0n) is 7.97. The van der Waals surface area contributed by atoms with E-state index in [4.69, 9.17) is 5.11 Å². The Bertz CT molecular complexity index is 167. The molecule has 0 aromatic carbocycles. The number of aliphatic hydroxyl groups is 1. The van der Waals surface area contributed by atoms with Gasteiger partial charge in [-0.25, -0.2) is 0 Å². The van der Waals surface area contributed by atoms with Gasteiger partial charge in [-0.2, -0.15) is 0 Å². The predicted octanol–water partition coefficient (Wildman–Crippen LogP) is 1.91. The average Bonchev–Trinajstić information content (AvgIpc) is 2.35. The van der Waals surface area contributed by atoms with Gasteiger partial charge in [-0.1, -0.05) is 19.8 Å². The Morgan fingerprint density at radius 1 is 1.50 bits per heavy atom. The summed E-state index contributed by atoms with van der Waals surface area (Å²) < 4.78 is 0. The van der Waals surface area contributed by atoms with Crippen LogP contribution in [0.15, 0.2) is 0 Å². The summed E-state index contributed by atoms with van der Waals surface area (Å²) >= 11 is 0. The minimum absolute atomic E-state index is 0.000556. The molecule has 1 rings (SSSR count). The second-order valence-corrected chi connectivity index (χ2v) is 4.34. The lowest BCUT2D eigenvalue weighted by Crippen LogP contribution is -2.24. The Labute approximate surface area is 74.0 Å². The highest BCUT2D eigenvalue weighted by Crippen LogP contribution is 2.40. The second-order valence-electron chi connectivity index (χ2n) is 4.34. The molecule has 1 aliphatic carbocycles. The Balaban J connectivity index is 2.44. The van der Waals surface area contributed by atoms with Crippen LogP contribution < -0.4 is 0 Å². The Morgan fingerprint density at radius 3 is 2.42 bits per heavy atom. The standard InChI is InChI=1S/C10H18O2/c1-8(11)9(12)7-10(2)5-3-4-6-10/h8,11H,3-7H2,1-2H3. The molecule has 1 saturated carbocycles. The molecule has 1 aliphatic rings. The van der Waals surface area contributed by atoms with Gasteiger partial charge in [-0.3, -0.25) is 4.79 Å². The number of Topliss-reactive ketones (excluding diaryl/α,β-unsaturated/α-hetero) is 1. The first-order chi connectivity index (χ1) is 5.53. The monoisotopic (exact) mass is 170 g/mol. The lowest BCUT2D eigenvalue weighted by molar-refractivity contribution is -0.128. The summed E-state index contributed by atoms with van der Waals surface area (Å²) in [7, 11) is 0. The van der Waals surface area contributed by atoms with E-state index in [2.05, 4.69) is 6.92 Å². The van der Waals surface area contributed by atoms with Gasteiger partial charge in [-0.05, 0) is 25.2 Å². The quantitative estimate of drug-likeness (QED) is 0.702. The van der Waals surface area contributed by atoms with Crippen LogP contribution >= 0.6 is 0 Å². The molecular formula is C10H18O2. The van der Waals surface area contributed by atoms with Crippen molar-refractivity contribution < 1.29 is 9.90 Å². The van der Waals surface area contributed by atoms with Crippen LogP contribution in [0.5, 0.6) is 0 Å². The van der Waals surface area contributed by atoms with Crippen LogP contribution in [0, 0.1) is 5.41 Å². The fourth-order valence-electron chi connectivity index (χ4n) is 1.97. The molecule has 0 saturated heterocycles. The van der Waals surface area contributed by atoms with Crippen molar-refractivity contribution in [2.24, 2.45) is 5.41 Å². The first-order valence-electron chi connectivity index (χ1n) is 4.74. The number of ketones is 1. The molecule has 1 N–H and O–H groups in total. The lowest BCUT2D eigenvalue weighted by atomic mass is 9.82. The number of hydrogen-bond acceptors (Lipinski definition) is 2. The van der Waals surface area contributed by atoms with E-state index in [0.29, 0.717) is 6.42 Å². The third-order valence-corrected chi connectivity index (χ3v) is 2.88. The van der Waals surface area contributed by atoms with Gasteiger partial charge in [0.1, 0.15) is 6.10 Å². The molecule has 1 atom stereocenters. The van der Waals surface area contributed by atoms with Gasteiger partial charge in [0.05, 0.1) is 0 Å². The molecule has 12 heavy (non-hydrogen) atoms. The lowest BCUT2D eigenvalue weighted by Gasteiger charge is -2.22. The molecule has 2 nitrogen and oxygen atoms in total. The van der Waals surface area contributed by atoms with Crippen LogP contribution in [0.2, 0.25) is 0 Å². The van der Waals surface area contributed by atoms with Gasteiger partial charge >= 0.3 is 0 Å². The van der Waals surface area contributed by atoms with Gasteiger partial charge in [0, 0.05) is 6.42 Å². The fraction of sp³-hybridized carbons (Fsp3) is 0.900. The minimum atomic E-state index is -0.776. The SMILES string of the molecule is CC(O)C(=O)CC1(C)CCCC1. The zero-order chi connectivity index (χ0) is 9.19. The summed E-state index contributed by atoms with van der Waals surface area (Å²) in [4.78, 5) is 11.3. The Hall–Kier alpha value is -0.370. The van der Waals surface area contributed by atoms with E-state index in [1.807, 2.05) is 0 Å². The third-order valence-electron chi connectivity index (χ3n) is 2.88. The highest BCUT2D eigenvalue weighted by Gasteiger charge is 2.31. The maximum atomic E-state index is 11.3. The topological polar surface area (TPSA) is 37.3 Å². The first kappa shape index (κ1) is 9.72. The van der Waals surface area contributed by atoms with Gasteiger partial charge in [0.15, 0.2) is 5.78 Å². The van der Waals surface area contributed by atoms with E-state index in [1.165, 1.54) is 12.8 Å². The molecule has 0 spiro atoms. The summed E-state index contributed by atoms with van der Waals surface area (Å²) in [5.74, 6) is -0.000556. The molecule has 0 radical (unpaired) electrons. The van der Waals surface area contributed by atoms with Crippen molar-refractivity contribution in [3.05, 3.63) is 0 Å². The number of rotatable bonds is 3. The van der Waals surface area contributed by atoms with Crippen LogP contribution in [0.1, 0.15) is 46.0 Å². The zero-order valence-corrected chi connectivity index (χ0v) is 7.97. The largest absolute Gasteiger partial charge is 0.386 e. The van der Waals surface area contributed by atoms with Crippen molar-refractivity contribution in [2.75, 3.05) is 0 Å². The maximum Gasteiger partial charge on any atom is 0.161 e. The van der Waals surface area contributed by atoms with Crippen LogP contribution in [0.4, 0.5) is 0 Å². The molecule has 1 fully saturated rings. The van der Waals surface area contributed by atoms with Crippen LogP contribution in [-0.4, -0.2) is 17.0 Å². The van der Waals surface area contributed by atoms with Gasteiger partial charge in [-0.15, -0.1) is 0 Å². The second kappa shape index (κ2) is 3.56.